The number of para-hydroxylation sites is 1. The van der Waals surface area contributed by atoms with Gasteiger partial charge in [-0.1, -0.05) is 60.3 Å². The fourth-order valence-electron chi connectivity index (χ4n) is 3.92. The second-order valence-corrected chi connectivity index (χ2v) is 8.54. The number of aromatic nitrogens is 3. The SMILES string of the molecule is O=C(CSc1nnc(-c2ccc(F)cc2)n1Cc1ccccc1)N1CCc2ccccc21. The van der Waals surface area contributed by atoms with Gasteiger partial charge in [-0.2, -0.15) is 0 Å². The molecule has 0 saturated carbocycles. The normalized spacial score (nSPS) is 12.7. The zero-order valence-corrected chi connectivity index (χ0v) is 18.1. The highest BCUT2D eigenvalue weighted by molar-refractivity contribution is 7.99. The Morgan fingerprint density at radius 3 is 2.50 bits per heavy atom. The fourth-order valence-corrected chi connectivity index (χ4v) is 4.73. The molecule has 2 heterocycles. The number of thioether (sulfide) groups is 1. The van der Waals surface area contributed by atoms with E-state index >= 15 is 0 Å². The van der Waals surface area contributed by atoms with Crippen molar-refractivity contribution < 1.29 is 9.18 Å². The summed E-state index contributed by atoms with van der Waals surface area (Å²) in [4.78, 5) is 14.8. The summed E-state index contributed by atoms with van der Waals surface area (Å²) in [6, 6.07) is 24.3. The topological polar surface area (TPSA) is 51.0 Å². The van der Waals surface area contributed by atoms with Crippen LogP contribution in [0.25, 0.3) is 11.4 Å². The Morgan fingerprint density at radius 2 is 1.69 bits per heavy atom. The first-order valence-corrected chi connectivity index (χ1v) is 11.4. The van der Waals surface area contributed by atoms with Gasteiger partial charge in [-0.05, 0) is 47.9 Å². The van der Waals surface area contributed by atoms with Crippen molar-refractivity contribution in [3.63, 3.8) is 0 Å². The summed E-state index contributed by atoms with van der Waals surface area (Å²) in [6.45, 7) is 1.26. The smallest absolute Gasteiger partial charge is 0.237 e. The van der Waals surface area contributed by atoms with Crippen molar-refractivity contribution >= 4 is 23.4 Å². The lowest BCUT2D eigenvalue weighted by Gasteiger charge is -2.17. The van der Waals surface area contributed by atoms with E-state index in [4.69, 9.17) is 0 Å². The van der Waals surface area contributed by atoms with Gasteiger partial charge in [0, 0.05) is 17.8 Å². The van der Waals surface area contributed by atoms with E-state index in [-0.39, 0.29) is 17.5 Å². The molecule has 0 spiro atoms. The number of hydrogen-bond donors (Lipinski definition) is 0. The predicted molar refractivity (Wildman–Crippen MR) is 124 cm³/mol. The first kappa shape index (κ1) is 20.5. The van der Waals surface area contributed by atoms with Crippen LogP contribution in [0.3, 0.4) is 0 Å². The van der Waals surface area contributed by atoms with Crippen molar-refractivity contribution in [2.24, 2.45) is 0 Å². The number of halogens is 1. The van der Waals surface area contributed by atoms with Crippen LogP contribution in [0.5, 0.6) is 0 Å². The minimum absolute atomic E-state index is 0.0533. The Balaban J connectivity index is 1.39. The third kappa shape index (κ3) is 4.16. The van der Waals surface area contributed by atoms with Crippen LogP contribution in [0, 0.1) is 5.82 Å². The molecule has 160 valence electrons. The summed E-state index contributed by atoms with van der Waals surface area (Å²) in [5.41, 5.74) is 4.08. The van der Waals surface area contributed by atoms with Crippen molar-refractivity contribution in [2.45, 2.75) is 18.1 Å². The van der Waals surface area contributed by atoms with Gasteiger partial charge in [0.2, 0.25) is 5.91 Å². The molecule has 0 fully saturated rings. The van der Waals surface area contributed by atoms with Crippen LogP contribution in [-0.2, 0) is 17.8 Å². The van der Waals surface area contributed by atoms with Crippen LogP contribution in [0.4, 0.5) is 10.1 Å². The molecule has 3 aromatic carbocycles. The summed E-state index contributed by atoms with van der Waals surface area (Å²) in [7, 11) is 0. The van der Waals surface area contributed by atoms with E-state index in [9.17, 15) is 9.18 Å². The maximum absolute atomic E-state index is 13.4. The highest BCUT2D eigenvalue weighted by Crippen LogP contribution is 2.30. The van der Waals surface area contributed by atoms with E-state index in [0.29, 0.717) is 24.1 Å². The molecule has 7 heteroatoms. The zero-order chi connectivity index (χ0) is 21.9. The van der Waals surface area contributed by atoms with Gasteiger partial charge in [-0.25, -0.2) is 4.39 Å². The van der Waals surface area contributed by atoms with Crippen molar-refractivity contribution in [3.05, 3.63) is 95.8 Å². The van der Waals surface area contributed by atoms with E-state index in [1.54, 1.807) is 12.1 Å². The lowest BCUT2D eigenvalue weighted by molar-refractivity contribution is -0.116. The Hall–Kier alpha value is -3.45. The number of carbonyl (C=O) groups excluding carboxylic acids is 1. The Morgan fingerprint density at radius 1 is 0.938 bits per heavy atom. The maximum atomic E-state index is 13.4. The molecule has 0 bridgehead atoms. The number of anilines is 1. The van der Waals surface area contributed by atoms with Crippen LogP contribution in [0.15, 0.2) is 84.0 Å². The number of rotatable bonds is 6. The molecular formula is C25H21FN4OS. The number of hydrogen-bond acceptors (Lipinski definition) is 4. The minimum Gasteiger partial charge on any atom is -0.311 e. The van der Waals surface area contributed by atoms with Crippen LogP contribution < -0.4 is 4.90 Å². The van der Waals surface area contributed by atoms with Crippen molar-refractivity contribution in [1.82, 2.24) is 14.8 Å². The molecular weight excluding hydrogens is 423 g/mol. The number of nitrogens with zero attached hydrogens (tertiary/aromatic N) is 4. The summed E-state index contributed by atoms with van der Waals surface area (Å²) in [6.07, 6.45) is 0.880. The third-order valence-corrected chi connectivity index (χ3v) is 6.47. The zero-order valence-electron chi connectivity index (χ0n) is 17.3. The molecule has 1 amide bonds. The quantitative estimate of drug-likeness (QED) is 0.401. The average molecular weight is 445 g/mol. The second kappa shape index (κ2) is 8.96. The van der Waals surface area contributed by atoms with E-state index in [2.05, 4.69) is 16.3 Å². The van der Waals surface area contributed by atoms with Crippen LogP contribution in [-0.4, -0.2) is 33.0 Å². The van der Waals surface area contributed by atoms with Gasteiger partial charge >= 0.3 is 0 Å². The molecule has 32 heavy (non-hydrogen) atoms. The monoisotopic (exact) mass is 444 g/mol. The lowest BCUT2D eigenvalue weighted by Crippen LogP contribution is -2.30. The van der Waals surface area contributed by atoms with Gasteiger partial charge in [-0.15, -0.1) is 10.2 Å². The number of carbonyl (C=O) groups is 1. The van der Waals surface area contributed by atoms with E-state index in [1.165, 1.54) is 29.5 Å². The van der Waals surface area contributed by atoms with Crippen molar-refractivity contribution in [3.8, 4) is 11.4 Å². The molecule has 1 aromatic heterocycles. The van der Waals surface area contributed by atoms with Crippen LogP contribution in [0.1, 0.15) is 11.1 Å². The van der Waals surface area contributed by atoms with Gasteiger partial charge < -0.3 is 4.90 Å². The largest absolute Gasteiger partial charge is 0.311 e. The molecule has 4 aromatic rings. The minimum atomic E-state index is -0.297. The first-order chi connectivity index (χ1) is 15.7. The molecule has 0 N–H and O–H groups in total. The average Bonchev–Trinajstić information content (AvgIpc) is 3.43. The Kier molecular flexibility index (Phi) is 5.73. The standard InChI is InChI=1S/C25H21FN4OS/c26-21-12-10-20(11-13-21)24-27-28-25(30(24)16-18-6-2-1-3-7-18)32-17-23(31)29-15-14-19-8-4-5-9-22(19)29/h1-13H,14-17H2. The summed E-state index contributed by atoms with van der Waals surface area (Å²) < 4.78 is 15.4. The van der Waals surface area contributed by atoms with Crippen LogP contribution in [0.2, 0.25) is 0 Å². The molecule has 0 saturated heterocycles. The molecule has 0 unspecified atom stereocenters. The molecule has 0 aliphatic carbocycles. The van der Waals surface area contributed by atoms with Gasteiger partial charge in [0.1, 0.15) is 5.82 Å². The number of fused-ring (bicyclic) bond motifs is 1. The number of amides is 1. The molecule has 5 nitrogen and oxygen atoms in total. The Bertz CT molecular complexity index is 1240. The fraction of sp³-hybridized carbons (Fsp3) is 0.160. The van der Waals surface area contributed by atoms with Crippen LogP contribution >= 0.6 is 11.8 Å². The Labute approximate surface area is 189 Å². The summed E-state index contributed by atoms with van der Waals surface area (Å²) >= 11 is 1.38. The maximum Gasteiger partial charge on any atom is 0.237 e. The van der Waals surface area contributed by atoms with Crippen molar-refractivity contribution in [1.29, 1.82) is 0 Å². The first-order valence-electron chi connectivity index (χ1n) is 10.4. The second-order valence-electron chi connectivity index (χ2n) is 7.60. The van der Waals surface area contributed by atoms with E-state index in [0.717, 1.165) is 23.2 Å². The summed E-state index contributed by atoms with van der Waals surface area (Å²) in [5, 5.41) is 9.39. The van der Waals surface area contributed by atoms with E-state index in [1.807, 2.05) is 58.0 Å². The summed E-state index contributed by atoms with van der Waals surface area (Å²) in [5.74, 6) is 0.673. The van der Waals surface area contributed by atoms with Gasteiger partial charge in [0.15, 0.2) is 11.0 Å². The van der Waals surface area contributed by atoms with Crippen molar-refractivity contribution in [2.75, 3.05) is 17.2 Å². The predicted octanol–water partition coefficient (Wildman–Crippen LogP) is 4.81. The number of benzene rings is 3. The molecule has 1 aliphatic rings. The molecule has 0 radical (unpaired) electrons. The van der Waals surface area contributed by atoms with E-state index < -0.39 is 0 Å². The molecule has 1 aliphatic heterocycles. The molecule has 5 rings (SSSR count). The third-order valence-electron chi connectivity index (χ3n) is 5.52. The van der Waals surface area contributed by atoms with Gasteiger partial charge in [0.25, 0.3) is 0 Å². The van der Waals surface area contributed by atoms with Gasteiger partial charge in [0.05, 0.1) is 12.3 Å². The highest BCUT2D eigenvalue weighted by Gasteiger charge is 2.25. The highest BCUT2D eigenvalue weighted by atomic mass is 32.2. The van der Waals surface area contributed by atoms with Gasteiger partial charge in [-0.3, -0.25) is 9.36 Å². The lowest BCUT2D eigenvalue weighted by atomic mass is 10.2. The molecule has 0 atom stereocenters.